The van der Waals surface area contributed by atoms with Crippen LogP contribution in [0.15, 0.2) is 97.1 Å². The summed E-state index contributed by atoms with van der Waals surface area (Å²) in [6.45, 7) is 1.38. The minimum absolute atomic E-state index is 0.691. The third kappa shape index (κ3) is 5.33. The lowest BCUT2D eigenvalue weighted by Crippen LogP contribution is -2.01. The van der Waals surface area contributed by atoms with Crippen LogP contribution in [0.25, 0.3) is 44.8 Å². The molecular weight excluding hydrogens is 460 g/mol. The van der Waals surface area contributed by atoms with Gasteiger partial charge >= 0.3 is 0 Å². The van der Waals surface area contributed by atoms with Gasteiger partial charge in [0.25, 0.3) is 0 Å². The number of hydrogen-bond acceptors (Lipinski definition) is 4. The van der Waals surface area contributed by atoms with Gasteiger partial charge in [0.05, 0.1) is 35.3 Å². The van der Waals surface area contributed by atoms with E-state index in [0.29, 0.717) is 13.2 Å². The summed E-state index contributed by atoms with van der Waals surface area (Å²) in [7, 11) is 0. The fourth-order valence-electron chi connectivity index (χ4n) is 4.36. The molecular formula is C31H28N4O2. The molecule has 0 radical (unpaired) electrons. The highest BCUT2D eigenvalue weighted by molar-refractivity contribution is 5.80. The van der Waals surface area contributed by atoms with E-state index in [-0.39, 0.29) is 0 Å². The van der Waals surface area contributed by atoms with Crippen molar-refractivity contribution in [3.63, 3.8) is 0 Å². The predicted molar refractivity (Wildman–Crippen MR) is 148 cm³/mol. The van der Waals surface area contributed by atoms with Crippen LogP contribution in [0.4, 0.5) is 0 Å². The van der Waals surface area contributed by atoms with Crippen molar-refractivity contribution in [2.45, 2.75) is 19.3 Å². The molecule has 0 bridgehead atoms. The Morgan fingerprint density at radius 2 is 0.919 bits per heavy atom. The van der Waals surface area contributed by atoms with E-state index >= 15 is 0 Å². The van der Waals surface area contributed by atoms with Gasteiger partial charge in [-0.25, -0.2) is 9.97 Å². The summed E-state index contributed by atoms with van der Waals surface area (Å²) < 4.78 is 11.8. The number of aromatic nitrogens is 4. The van der Waals surface area contributed by atoms with Gasteiger partial charge in [0.15, 0.2) is 0 Å². The van der Waals surface area contributed by atoms with Crippen molar-refractivity contribution >= 4 is 22.1 Å². The maximum absolute atomic E-state index is 5.92. The van der Waals surface area contributed by atoms with E-state index < -0.39 is 0 Å². The molecule has 0 fully saturated rings. The highest BCUT2D eigenvalue weighted by Gasteiger charge is 2.06. The van der Waals surface area contributed by atoms with Gasteiger partial charge in [-0.15, -0.1) is 0 Å². The van der Waals surface area contributed by atoms with Crippen LogP contribution in [0.3, 0.4) is 0 Å². The molecule has 6 nitrogen and oxygen atoms in total. The molecule has 2 N–H and O–H groups in total. The first-order valence-corrected chi connectivity index (χ1v) is 12.7. The first-order valence-electron chi connectivity index (χ1n) is 12.7. The summed E-state index contributed by atoms with van der Waals surface area (Å²) in [5.74, 6) is 3.50. The first-order chi connectivity index (χ1) is 18.3. The summed E-state index contributed by atoms with van der Waals surface area (Å²) in [6, 6.07) is 32.3. The van der Waals surface area contributed by atoms with Crippen LogP contribution in [0.2, 0.25) is 0 Å². The summed E-state index contributed by atoms with van der Waals surface area (Å²) >= 11 is 0. The van der Waals surface area contributed by atoms with Crippen LogP contribution >= 0.6 is 0 Å². The number of hydrogen-bond donors (Lipinski definition) is 2. The van der Waals surface area contributed by atoms with Crippen molar-refractivity contribution in [2.24, 2.45) is 0 Å². The Balaban J connectivity index is 0.907. The molecule has 0 saturated heterocycles. The zero-order valence-electron chi connectivity index (χ0n) is 20.5. The highest BCUT2D eigenvalue weighted by atomic mass is 16.5. The molecule has 2 aromatic heterocycles. The second kappa shape index (κ2) is 10.6. The van der Waals surface area contributed by atoms with E-state index in [4.69, 9.17) is 9.47 Å². The minimum atomic E-state index is 0.691. The third-order valence-corrected chi connectivity index (χ3v) is 6.36. The standard InChI is InChI=1S/C31H28N4O2/c1(6-20-36-24-16-12-22(13-17-24)30-32-26-8-2-3-9-27(26)33-30)7-21-37-25-18-14-23(15-19-25)31-34-28-10-4-5-11-29(28)35-31/h2-5,8-19H,1,6-7,20-21H2,(H,32,33)(H,34,35). The molecule has 0 atom stereocenters. The molecule has 184 valence electrons. The molecule has 0 aliphatic carbocycles. The van der Waals surface area contributed by atoms with E-state index in [0.717, 1.165) is 75.6 Å². The van der Waals surface area contributed by atoms with Crippen molar-refractivity contribution < 1.29 is 9.47 Å². The zero-order chi connectivity index (χ0) is 24.9. The Kier molecular flexibility index (Phi) is 6.54. The fourth-order valence-corrected chi connectivity index (χ4v) is 4.36. The van der Waals surface area contributed by atoms with E-state index in [9.17, 15) is 0 Å². The molecule has 6 rings (SSSR count). The van der Waals surface area contributed by atoms with Crippen molar-refractivity contribution in [2.75, 3.05) is 13.2 Å². The number of fused-ring (bicyclic) bond motifs is 2. The van der Waals surface area contributed by atoms with E-state index in [1.807, 2.05) is 97.1 Å². The molecule has 4 aromatic carbocycles. The topological polar surface area (TPSA) is 75.8 Å². The van der Waals surface area contributed by atoms with Gasteiger partial charge in [-0.1, -0.05) is 24.3 Å². The summed E-state index contributed by atoms with van der Waals surface area (Å²) in [6.07, 6.45) is 3.02. The Hall–Kier alpha value is -4.58. The number of imidazole rings is 2. The number of nitrogens with one attached hydrogen (secondary N) is 2. The van der Waals surface area contributed by atoms with Gasteiger partial charge in [-0.05, 0) is 92.1 Å². The third-order valence-electron chi connectivity index (χ3n) is 6.36. The monoisotopic (exact) mass is 488 g/mol. The largest absolute Gasteiger partial charge is 0.494 e. The SMILES string of the molecule is c1ccc2[nH]c(-c3ccc(OCCCCCOc4ccc(-c5nc6ccccc6[nH]5)cc4)cc3)nc2c1. The normalized spacial score (nSPS) is 11.2. The van der Waals surface area contributed by atoms with Crippen LogP contribution in [-0.2, 0) is 0 Å². The lowest BCUT2D eigenvalue weighted by Gasteiger charge is -2.08. The van der Waals surface area contributed by atoms with Gasteiger partial charge in [-0.2, -0.15) is 0 Å². The lowest BCUT2D eigenvalue weighted by atomic mass is 10.2. The first kappa shape index (κ1) is 22.9. The van der Waals surface area contributed by atoms with Crippen molar-refractivity contribution in [3.8, 4) is 34.3 Å². The molecule has 0 spiro atoms. The number of nitrogens with zero attached hydrogens (tertiary/aromatic N) is 2. The quantitative estimate of drug-likeness (QED) is 0.197. The Morgan fingerprint density at radius 1 is 0.486 bits per heavy atom. The minimum Gasteiger partial charge on any atom is -0.494 e. The Bertz CT molecular complexity index is 1410. The van der Waals surface area contributed by atoms with Gasteiger partial charge < -0.3 is 19.4 Å². The molecule has 2 heterocycles. The molecule has 6 aromatic rings. The van der Waals surface area contributed by atoms with Crippen LogP contribution in [0.5, 0.6) is 11.5 Å². The van der Waals surface area contributed by atoms with Crippen molar-refractivity contribution in [1.82, 2.24) is 19.9 Å². The molecule has 0 aliphatic rings. The Labute approximate surface area is 215 Å². The van der Waals surface area contributed by atoms with Gasteiger partial charge in [-0.3, -0.25) is 0 Å². The van der Waals surface area contributed by atoms with Crippen LogP contribution in [0.1, 0.15) is 19.3 Å². The molecule has 0 unspecified atom stereocenters. The second-order valence-electron chi connectivity index (χ2n) is 9.01. The van der Waals surface area contributed by atoms with Crippen molar-refractivity contribution in [3.05, 3.63) is 97.1 Å². The van der Waals surface area contributed by atoms with Crippen LogP contribution in [-0.4, -0.2) is 33.1 Å². The zero-order valence-corrected chi connectivity index (χ0v) is 20.5. The van der Waals surface area contributed by atoms with Crippen LogP contribution < -0.4 is 9.47 Å². The fraction of sp³-hybridized carbons (Fsp3) is 0.161. The predicted octanol–water partition coefficient (Wildman–Crippen LogP) is 7.40. The summed E-state index contributed by atoms with van der Waals surface area (Å²) in [5.41, 5.74) is 6.13. The number of H-pyrrole nitrogens is 2. The number of ether oxygens (including phenoxy) is 2. The average molecular weight is 489 g/mol. The Morgan fingerprint density at radius 3 is 1.35 bits per heavy atom. The van der Waals surface area contributed by atoms with E-state index in [1.54, 1.807) is 0 Å². The van der Waals surface area contributed by atoms with Crippen LogP contribution in [0, 0.1) is 0 Å². The number of para-hydroxylation sites is 4. The number of benzene rings is 4. The highest BCUT2D eigenvalue weighted by Crippen LogP contribution is 2.24. The second-order valence-corrected chi connectivity index (χ2v) is 9.01. The van der Waals surface area contributed by atoms with Crippen molar-refractivity contribution in [1.29, 1.82) is 0 Å². The maximum Gasteiger partial charge on any atom is 0.138 e. The summed E-state index contributed by atoms with van der Waals surface area (Å²) in [4.78, 5) is 16.0. The van der Waals surface area contributed by atoms with Gasteiger partial charge in [0.2, 0.25) is 0 Å². The van der Waals surface area contributed by atoms with Gasteiger partial charge in [0, 0.05) is 11.1 Å². The maximum atomic E-state index is 5.92. The molecule has 37 heavy (non-hydrogen) atoms. The molecule has 0 saturated carbocycles. The molecule has 0 amide bonds. The molecule has 0 aliphatic heterocycles. The smallest absolute Gasteiger partial charge is 0.138 e. The van der Waals surface area contributed by atoms with E-state index in [2.05, 4.69) is 19.9 Å². The van der Waals surface area contributed by atoms with Gasteiger partial charge in [0.1, 0.15) is 23.1 Å². The molecule has 6 heteroatoms. The lowest BCUT2D eigenvalue weighted by molar-refractivity contribution is 0.279. The number of aromatic amines is 2. The number of rotatable bonds is 10. The van der Waals surface area contributed by atoms with E-state index in [1.165, 1.54) is 0 Å². The average Bonchev–Trinajstić information content (AvgIpc) is 3.58. The number of unbranched alkanes of at least 4 members (excludes halogenated alkanes) is 2. The summed E-state index contributed by atoms with van der Waals surface area (Å²) in [5, 5.41) is 0.